The third-order valence-electron chi connectivity index (χ3n) is 2.60. The molecule has 17 heavy (non-hydrogen) atoms. The number of aromatic nitrogens is 2. The summed E-state index contributed by atoms with van der Waals surface area (Å²) in [6.07, 6.45) is 0.315. The van der Waals surface area contributed by atoms with Crippen molar-refractivity contribution in [1.82, 2.24) is 10.2 Å². The summed E-state index contributed by atoms with van der Waals surface area (Å²) in [5.41, 5.74) is 6.35. The number of hydrogen-bond donors (Lipinski definition) is 2. The number of carbonyl (C=O) groups excluding carboxylic acids is 1. The molecular weight excluding hydrogens is 220 g/mol. The van der Waals surface area contributed by atoms with Crippen LogP contribution in [0.2, 0.25) is 0 Å². The van der Waals surface area contributed by atoms with Crippen LogP contribution in [-0.4, -0.2) is 28.7 Å². The van der Waals surface area contributed by atoms with E-state index in [1.54, 1.807) is 0 Å². The van der Waals surface area contributed by atoms with E-state index in [0.717, 1.165) is 0 Å². The predicted octanol–water partition coefficient (Wildman–Crippen LogP) is -0.589. The molecular formula is C10H10N6O. The van der Waals surface area contributed by atoms with E-state index in [-0.39, 0.29) is 36.2 Å². The molecule has 0 spiro atoms. The van der Waals surface area contributed by atoms with Crippen molar-refractivity contribution < 1.29 is 4.79 Å². The number of hydrogen-bond acceptors (Lipinski definition) is 5. The van der Waals surface area contributed by atoms with Crippen molar-refractivity contribution in [2.24, 2.45) is 5.73 Å². The lowest BCUT2D eigenvalue weighted by Crippen LogP contribution is -2.28. The van der Waals surface area contributed by atoms with Gasteiger partial charge in [-0.15, -0.1) is 0 Å². The van der Waals surface area contributed by atoms with Crippen molar-refractivity contribution in [2.75, 3.05) is 11.4 Å². The average molecular weight is 230 g/mol. The molecule has 0 aliphatic carbocycles. The van der Waals surface area contributed by atoms with Gasteiger partial charge in [-0.3, -0.25) is 14.8 Å². The lowest BCUT2D eigenvalue weighted by Gasteiger charge is -2.12. The molecule has 0 bridgehead atoms. The van der Waals surface area contributed by atoms with Gasteiger partial charge >= 0.3 is 0 Å². The molecule has 1 aliphatic heterocycles. The predicted molar refractivity (Wildman–Crippen MR) is 57.6 cm³/mol. The number of nitriles is 2. The first kappa shape index (κ1) is 11.1. The van der Waals surface area contributed by atoms with Crippen LogP contribution in [0.5, 0.6) is 0 Å². The van der Waals surface area contributed by atoms with E-state index >= 15 is 0 Å². The molecule has 1 aromatic rings. The molecule has 7 heteroatoms. The smallest absolute Gasteiger partial charge is 0.229 e. The highest BCUT2D eigenvalue weighted by molar-refractivity contribution is 5.96. The Morgan fingerprint density at radius 1 is 1.59 bits per heavy atom. The second-order valence-corrected chi connectivity index (χ2v) is 3.82. The zero-order chi connectivity index (χ0) is 12.4. The number of nitrogens with zero attached hydrogens (tertiary/aromatic N) is 4. The molecule has 1 fully saturated rings. The molecule has 1 saturated heterocycles. The van der Waals surface area contributed by atoms with E-state index in [4.69, 9.17) is 16.3 Å². The Labute approximate surface area is 97.4 Å². The molecule has 2 rings (SSSR count). The summed E-state index contributed by atoms with van der Waals surface area (Å²) in [6.45, 7) is 0.352. The minimum atomic E-state index is -0.231. The lowest BCUT2D eigenvalue weighted by molar-refractivity contribution is -0.117. The highest BCUT2D eigenvalue weighted by atomic mass is 16.2. The van der Waals surface area contributed by atoms with Gasteiger partial charge in [0.1, 0.15) is 11.6 Å². The van der Waals surface area contributed by atoms with E-state index in [2.05, 4.69) is 10.2 Å². The minimum absolute atomic E-state index is 0.0595. The summed E-state index contributed by atoms with van der Waals surface area (Å²) in [7, 11) is 0. The zero-order valence-electron chi connectivity index (χ0n) is 8.97. The number of anilines is 1. The van der Waals surface area contributed by atoms with E-state index in [0.29, 0.717) is 12.2 Å². The first-order valence-corrected chi connectivity index (χ1v) is 5.07. The number of amides is 1. The Hall–Kier alpha value is -2.38. The number of nitrogens with one attached hydrogen (secondary N) is 1. The Morgan fingerprint density at radius 2 is 2.35 bits per heavy atom. The van der Waals surface area contributed by atoms with Gasteiger partial charge < -0.3 is 5.73 Å². The average Bonchev–Trinajstić information content (AvgIpc) is 2.82. The molecule has 1 aromatic heterocycles. The van der Waals surface area contributed by atoms with Crippen LogP contribution in [0.4, 0.5) is 5.82 Å². The van der Waals surface area contributed by atoms with Crippen LogP contribution in [0.15, 0.2) is 0 Å². The summed E-state index contributed by atoms with van der Waals surface area (Å²) in [5, 5.41) is 24.2. The molecule has 86 valence electrons. The first-order valence-electron chi connectivity index (χ1n) is 5.07. The van der Waals surface area contributed by atoms with Gasteiger partial charge in [0, 0.05) is 19.0 Å². The molecule has 2 heterocycles. The second-order valence-electron chi connectivity index (χ2n) is 3.82. The Morgan fingerprint density at radius 3 is 2.88 bits per heavy atom. The summed E-state index contributed by atoms with van der Waals surface area (Å²) in [5.74, 6) is 0.125. The topological polar surface area (TPSA) is 123 Å². The van der Waals surface area contributed by atoms with Crippen molar-refractivity contribution in [3.8, 4) is 12.1 Å². The molecule has 3 N–H and O–H groups in total. The van der Waals surface area contributed by atoms with Crippen molar-refractivity contribution >= 4 is 11.7 Å². The summed E-state index contributed by atoms with van der Waals surface area (Å²) >= 11 is 0. The van der Waals surface area contributed by atoms with Gasteiger partial charge in [-0.05, 0) is 0 Å². The molecule has 0 saturated carbocycles. The lowest BCUT2D eigenvalue weighted by atomic mass is 10.2. The van der Waals surface area contributed by atoms with Crippen LogP contribution in [0.1, 0.15) is 17.7 Å². The van der Waals surface area contributed by atoms with Crippen LogP contribution in [0, 0.1) is 22.7 Å². The Bertz CT molecular complexity index is 534. The van der Waals surface area contributed by atoms with Gasteiger partial charge in [0.25, 0.3) is 0 Å². The summed E-state index contributed by atoms with van der Waals surface area (Å²) in [4.78, 5) is 13.0. The van der Waals surface area contributed by atoms with Gasteiger partial charge in [0.15, 0.2) is 5.82 Å². The van der Waals surface area contributed by atoms with Crippen molar-refractivity contribution in [3.05, 3.63) is 11.3 Å². The molecule has 1 unspecified atom stereocenters. The molecule has 7 nitrogen and oxygen atoms in total. The highest BCUT2D eigenvalue weighted by Gasteiger charge is 2.32. The number of aromatic amines is 1. The Balaban J connectivity index is 2.37. The molecule has 1 atom stereocenters. The molecule has 1 amide bonds. The third kappa shape index (κ3) is 1.84. The van der Waals surface area contributed by atoms with E-state index in [1.807, 2.05) is 12.1 Å². The van der Waals surface area contributed by atoms with E-state index in [9.17, 15) is 4.79 Å². The Kier molecular flexibility index (Phi) is 2.77. The maximum absolute atomic E-state index is 11.6. The van der Waals surface area contributed by atoms with Crippen molar-refractivity contribution in [2.45, 2.75) is 18.9 Å². The quantitative estimate of drug-likeness (QED) is 0.703. The SMILES string of the molecule is N#CCc1[nH]nc(N2CC(N)CC2=O)c1C#N. The number of nitrogens with two attached hydrogens (primary N) is 1. The summed E-state index contributed by atoms with van der Waals surface area (Å²) in [6, 6.07) is 3.66. The van der Waals surface area contributed by atoms with Gasteiger partial charge in [-0.1, -0.05) is 0 Å². The first-order chi connectivity index (χ1) is 8.17. The number of rotatable bonds is 2. The molecule has 1 aliphatic rings. The number of H-pyrrole nitrogens is 1. The van der Waals surface area contributed by atoms with Crippen LogP contribution in [-0.2, 0) is 11.2 Å². The molecule has 0 aromatic carbocycles. The molecule has 0 radical (unpaired) electrons. The van der Waals surface area contributed by atoms with Crippen LogP contribution in [0.3, 0.4) is 0 Å². The van der Waals surface area contributed by atoms with Gasteiger partial charge in [0.2, 0.25) is 5.91 Å². The van der Waals surface area contributed by atoms with E-state index < -0.39 is 0 Å². The van der Waals surface area contributed by atoms with E-state index in [1.165, 1.54) is 4.90 Å². The normalized spacial score (nSPS) is 19.1. The third-order valence-corrected chi connectivity index (χ3v) is 2.60. The van der Waals surface area contributed by atoms with Gasteiger partial charge in [0.05, 0.1) is 18.2 Å². The monoisotopic (exact) mass is 230 g/mol. The fraction of sp³-hybridized carbons (Fsp3) is 0.400. The standard InChI is InChI=1S/C10H10N6O/c11-2-1-8-7(4-12)10(15-14-8)16-5-6(13)3-9(16)17/h6H,1,3,5,13H2,(H,14,15). The van der Waals surface area contributed by atoms with Gasteiger partial charge in [-0.25, -0.2) is 0 Å². The van der Waals surface area contributed by atoms with Crippen molar-refractivity contribution in [3.63, 3.8) is 0 Å². The maximum Gasteiger partial charge on any atom is 0.229 e. The fourth-order valence-corrected chi connectivity index (χ4v) is 1.83. The summed E-state index contributed by atoms with van der Waals surface area (Å²) < 4.78 is 0. The highest BCUT2D eigenvalue weighted by Crippen LogP contribution is 2.24. The van der Waals surface area contributed by atoms with Gasteiger partial charge in [-0.2, -0.15) is 15.6 Å². The minimum Gasteiger partial charge on any atom is -0.326 e. The largest absolute Gasteiger partial charge is 0.326 e. The fourth-order valence-electron chi connectivity index (χ4n) is 1.83. The number of carbonyl (C=O) groups is 1. The van der Waals surface area contributed by atoms with Crippen LogP contribution in [0.25, 0.3) is 0 Å². The second kappa shape index (κ2) is 4.24. The van der Waals surface area contributed by atoms with Crippen molar-refractivity contribution in [1.29, 1.82) is 10.5 Å². The zero-order valence-corrected chi connectivity index (χ0v) is 8.97. The van der Waals surface area contributed by atoms with Crippen LogP contribution >= 0.6 is 0 Å². The maximum atomic E-state index is 11.6. The van der Waals surface area contributed by atoms with Crippen LogP contribution < -0.4 is 10.6 Å².